The second kappa shape index (κ2) is 63.9. The van der Waals surface area contributed by atoms with Gasteiger partial charge in [0.1, 0.15) is 0 Å². The first kappa shape index (κ1) is 72.3. The summed E-state index contributed by atoms with van der Waals surface area (Å²) < 4.78 is 5.47. The normalized spacial score (nSPS) is 12.6. The lowest BCUT2D eigenvalue weighted by Gasteiger charge is -2.22. The molecule has 2 unspecified atom stereocenters. The van der Waals surface area contributed by atoms with E-state index < -0.39 is 12.1 Å². The summed E-state index contributed by atoms with van der Waals surface area (Å²) in [5, 5.41) is 23.4. The van der Waals surface area contributed by atoms with Crippen LogP contribution >= 0.6 is 0 Å². The van der Waals surface area contributed by atoms with Crippen LogP contribution in [-0.2, 0) is 14.3 Å². The number of aliphatic hydroxyl groups excluding tert-OH is 2. The lowest BCUT2D eigenvalue weighted by atomic mass is 10.0. The molecule has 0 radical (unpaired) electrons. The number of allylic oxidation sites excluding steroid dienone is 4. The largest absolute Gasteiger partial charge is 0.466 e. The molecule has 1 amide bonds. The molecular weight excluding hydrogens is 911 g/mol. The van der Waals surface area contributed by atoms with Crippen molar-refractivity contribution in [3.8, 4) is 0 Å². The summed E-state index contributed by atoms with van der Waals surface area (Å²) in [5.74, 6) is -0.0418. The predicted octanol–water partition coefficient (Wildman–Crippen LogP) is 21.4. The molecule has 0 spiro atoms. The van der Waals surface area contributed by atoms with E-state index in [0.29, 0.717) is 25.9 Å². The Labute approximate surface area is 462 Å². The molecule has 0 bridgehead atoms. The molecule has 0 saturated carbocycles. The van der Waals surface area contributed by atoms with Gasteiger partial charge in [0.25, 0.3) is 0 Å². The van der Waals surface area contributed by atoms with Gasteiger partial charge < -0.3 is 20.3 Å². The van der Waals surface area contributed by atoms with Crippen molar-refractivity contribution in [2.45, 2.75) is 386 Å². The third-order valence-corrected chi connectivity index (χ3v) is 15.7. The van der Waals surface area contributed by atoms with E-state index in [0.717, 1.165) is 44.9 Å². The van der Waals surface area contributed by atoms with Gasteiger partial charge in [0.15, 0.2) is 0 Å². The molecule has 6 heteroatoms. The Morgan fingerprint density at radius 2 is 0.635 bits per heavy atom. The highest BCUT2D eigenvalue weighted by molar-refractivity contribution is 5.76. The van der Waals surface area contributed by atoms with Crippen molar-refractivity contribution in [3.63, 3.8) is 0 Å². The van der Waals surface area contributed by atoms with Crippen LogP contribution in [0.3, 0.4) is 0 Å². The van der Waals surface area contributed by atoms with Crippen LogP contribution in [0.5, 0.6) is 0 Å². The summed E-state index contributed by atoms with van der Waals surface area (Å²) in [6.45, 7) is 4.96. The van der Waals surface area contributed by atoms with Crippen LogP contribution in [0.25, 0.3) is 0 Å². The minimum absolute atomic E-state index is 0.00220. The molecular formula is C68H131NO5. The average Bonchev–Trinajstić information content (AvgIpc) is 3.40. The van der Waals surface area contributed by atoms with Gasteiger partial charge in [0.05, 0.1) is 25.4 Å². The molecule has 0 heterocycles. The van der Waals surface area contributed by atoms with E-state index in [9.17, 15) is 19.8 Å². The number of rotatable bonds is 63. The number of carbonyl (C=O) groups excluding carboxylic acids is 2. The van der Waals surface area contributed by atoms with Crippen molar-refractivity contribution in [1.82, 2.24) is 5.32 Å². The molecule has 3 N–H and O–H groups in total. The highest BCUT2D eigenvalue weighted by atomic mass is 16.5. The summed E-state index contributed by atoms with van der Waals surface area (Å²) in [7, 11) is 0. The Hall–Kier alpha value is -1.66. The number of amides is 1. The molecule has 0 aromatic heterocycles. The average molecular weight is 1040 g/mol. The summed E-state index contributed by atoms with van der Waals surface area (Å²) in [5.41, 5.74) is 0. The first-order chi connectivity index (χ1) is 36.5. The molecule has 6 nitrogen and oxygen atoms in total. The summed E-state index contributed by atoms with van der Waals surface area (Å²) in [4.78, 5) is 24.6. The van der Waals surface area contributed by atoms with Gasteiger partial charge in [-0.15, -0.1) is 0 Å². The van der Waals surface area contributed by atoms with Crippen molar-refractivity contribution in [1.29, 1.82) is 0 Å². The van der Waals surface area contributed by atoms with Gasteiger partial charge in [0.2, 0.25) is 5.91 Å². The first-order valence-corrected chi connectivity index (χ1v) is 33.6. The van der Waals surface area contributed by atoms with Crippen LogP contribution in [0.2, 0.25) is 0 Å². The van der Waals surface area contributed by atoms with Crippen LogP contribution in [0.4, 0.5) is 0 Å². The van der Waals surface area contributed by atoms with Crippen LogP contribution in [0, 0.1) is 0 Å². The van der Waals surface area contributed by atoms with Crippen LogP contribution < -0.4 is 5.32 Å². The van der Waals surface area contributed by atoms with Gasteiger partial charge in [-0.1, -0.05) is 308 Å². The zero-order valence-electron chi connectivity index (χ0n) is 50.1. The fraction of sp³-hybridized carbons (Fsp3) is 0.912. The molecule has 0 aliphatic carbocycles. The SMILES string of the molecule is CCCCCC/C=C\CCCCCCCC(=O)OCCCCCCCCCCC/C=C\CCCCCCCCCC(=O)NC(CO)C(O)CCCCCCCCCCCCCCCCCCCCCCCCCC. The topological polar surface area (TPSA) is 95.9 Å². The zero-order chi connectivity index (χ0) is 53.6. The van der Waals surface area contributed by atoms with Crippen molar-refractivity contribution < 1.29 is 24.5 Å². The quantitative estimate of drug-likeness (QED) is 0.0320. The van der Waals surface area contributed by atoms with Crippen LogP contribution in [-0.4, -0.2) is 47.4 Å². The van der Waals surface area contributed by atoms with Gasteiger partial charge in [-0.05, 0) is 77.0 Å². The fourth-order valence-corrected chi connectivity index (χ4v) is 10.6. The third-order valence-electron chi connectivity index (χ3n) is 15.7. The molecule has 0 aliphatic heterocycles. The summed E-state index contributed by atoms with van der Waals surface area (Å²) in [6, 6.07) is -0.549. The highest BCUT2D eigenvalue weighted by Gasteiger charge is 2.20. The fourth-order valence-electron chi connectivity index (χ4n) is 10.6. The Balaban J connectivity index is 3.43. The maximum Gasteiger partial charge on any atom is 0.305 e. The van der Waals surface area contributed by atoms with Gasteiger partial charge in [0, 0.05) is 12.8 Å². The smallest absolute Gasteiger partial charge is 0.305 e. The number of ether oxygens (including phenoxy) is 1. The molecule has 74 heavy (non-hydrogen) atoms. The minimum atomic E-state index is -0.671. The number of nitrogens with one attached hydrogen (secondary N) is 1. The Kier molecular flexibility index (Phi) is 62.4. The van der Waals surface area contributed by atoms with E-state index in [1.54, 1.807) is 0 Å². The predicted molar refractivity (Wildman–Crippen MR) is 324 cm³/mol. The maximum absolute atomic E-state index is 12.5. The van der Waals surface area contributed by atoms with Gasteiger partial charge >= 0.3 is 5.97 Å². The number of hydrogen-bond donors (Lipinski definition) is 3. The number of esters is 1. The van der Waals surface area contributed by atoms with Crippen molar-refractivity contribution >= 4 is 11.9 Å². The highest BCUT2D eigenvalue weighted by Crippen LogP contribution is 2.18. The van der Waals surface area contributed by atoms with Crippen LogP contribution in [0.1, 0.15) is 373 Å². The lowest BCUT2D eigenvalue weighted by Crippen LogP contribution is -2.45. The van der Waals surface area contributed by atoms with E-state index in [1.807, 2.05) is 0 Å². The van der Waals surface area contributed by atoms with Gasteiger partial charge in [-0.3, -0.25) is 9.59 Å². The van der Waals surface area contributed by atoms with E-state index in [-0.39, 0.29) is 18.5 Å². The molecule has 438 valence electrons. The second-order valence-electron chi connectivity index (χ2n) is 23.1. The summed E-state index contributed by atoms with van der Waals surface area (Å²) >= 11 is 0. The number of hydrogen-bond acceptors (Lipinski definition) is 5. The van der Waals surface area contributed by atoms with Crippen molar-refractivity contribution in [2.75, 3.05) is 13.2 Å². The molecule has 0 saturated heterocycles. The minimum Gasteiger partial charge on any atom is -0.466 e. The number of carbonyl (C=O) groups is 2. The van der Waals surface area contributed by atoms with Gasteiger partial charge in [-0.2, -0.15) is 0 Å². The molecule has 0 rings (SSSR count). The Morgan fingerprint density at radius 1 is 0.365 bits per heavy atom. The van der Waals surface area contributed by atoms with Crippen LogP contribution in [0.15, 0.2) is 24.3 Å². The second-order valence-corrected chi connectivity index (χ2v) is 23.1. The number of aliphatic hydroxyl groups is 2. The first-order valence-electron chi connectivity index (χ1n) is 33.6. The Morgan fingerprint density at radius 3 is 0.973 bits per heavy atom. The maximum atomic E-state index is 12.5. The lowest BCUT2D eigenvalue weighted by molar-refractivity contribution is -0.143. The monoisotopic (exact) mass is 1040 g/mol. The molecule has 0 fully saturated rings. The van der Waals surface area contributed by atoms with E-state index in [2.05, 4.69) is 43.5 Å². The van der Waals surface area contributed by atoms with Crippen molar-refractivity contribution in [2.24, 2.45) is 0 Å². The van der Waals surface area contributed by atoms with Gasteiger partial charge in [-0.25, -0.2) is 0 Å². The zero-order valence-corrected chi connectivity index (χ0v) is 50.1. The van der Waals surface area contributed by atoms with E-state index in [4.69, 9.17) is 4.74 Å². The van der Waals surface area contributed by atoms with Crippen molar-refractivity contribution in [3.05, 3.63) is 24.3 Å². The molecule has 2 atom stereocenters. The molecule has 0 aromatic carbocycles. The third kappa shape index (κ3) is 59.6. The van der Waals surface area contributed by atoms with E-state index >= 15 is 0 Å². The standard InChI is InChI=1S/C68H131NO5/c1-3-5-7-9-11-13-15-17-18-19-20-21-22-23-24-27-30-33-37-40-44-48-52-56-60-66(71)65(64-70)69-67(72)61-57-53-49-45-41-38-34-31-28-25-26-29-32-35-39-43-47-51-55-59-63-74-68(73)62-58-54-50-46-42-36-16-14-12-10-8-6-4-2/h14,16,25,28,65-66,70-71H,3-13,15,17-24,26-27,29-64H2,1-2H3,(H,69,72)/b16-14-,28-25-. The number of unbranched alkanes of at least 4 members (excludes halogenated alkanes) is 48. The van der Waals surface area contributed by atoms with E-state index in [1.165, 1.54) is 295 Å². The molecule has 0 aliphatic rings. The summed E-state index contributed by atoms with van der Waals surface area (Å²) in [6.07, 6.45) is 79.2. The molecule has 0 aromatic rings. The Bertz CT molecular complexity index is 1150.